The first-order valence-corrected chi connectivity index (χ1v) is 6.04. The molecule has 2 aromatic rings. The molecule has 1 heterocycles. The number of amides is 2. The van der Waals surface area contributed by atoms with E-state index >= 15 is 0 Å². The SMILES string of the molecule is Cc1nscc1C(=O)Nc1cccc(C(N)=O)c1. The van der Waals surface area contributed by atoms with Crippen molar-refractivity contribution in [2.75, 3.05) is 5.32 Å². The summed E-state index contributed by atoms with van der Waals surface area (Å²) in [7, 11) is 0. The van der Waals surface area contributed by atoms with Crippen molar-refractivity contribution in [1.82, 2.24) is 4.37 Å². The Morgan fingerprint density at radius 3 is 2.78 bits per heavy atom. The zero-order valence-electron chi connectivity index (χ0n) is 9.64. The maximum atomic E-state index is 11.9. The number of benzene rings is 1. The molecule has 1 aromatic carbocycles. The molecular formula is C12H11N3O2S. The molecule has 0 radical (unpaired) electrons. The van der Waals surface area contributed by atoms with Crippen LogP contribution in [0.1, 0.15) is 26.4 Å². The zero-order valence-corrected chi connectivity index (χ0v) is 10.5. The highest BCUT2D eigenvalue weighted by Gasteiger charge is 2.11. The van der Waals surface area contributed by atoms with Crippen LogP contribution in [0.4, 0.5) is 5.69 Å². The van der Waals surface area contributed by atoms with Crippen molar-refractivity contribution < 1.29 is 9.59 Å². The van der Waals surface area contributed by atoms with Gasteiger partial charge in [-0.1, -0.05) is 6.07 Å². The minimum Gasteiger partial charge on any atom is -0.366 e. The van der Waals surface area contributed by atoms with Crippen LogP contribution in [-0.4, -0.2) is 16.2 Å². The van der Waals surface area contributed by atoms with Gasteiger partial charge in [-0.05, 0) is 36.7 Å². The third-order valence-electron chi connectivity index (χ3n) is 2.40. The van der Waals surface area contributed by atoms with Crippen molar-refractivity contribution >= 4 is 29.0 Å². The van der Waals surface area contributed by atoms with Crippen LogP contribution in [-0.2, 0) is 0 Å². The minimum atomic E-state index is -0.528. The third-order valence-corrected chi connectivity index (χ3v) is 3.12. The molecule has 0 saturated carbocycles. The van der Waals surface area contributed by atoms with Gasteiger partial charge in [-0.15, -0.1) is 0 Å². The second kappa shape index (κ2) is 4.97. The van der Waals surface area contributed by atoms with Gasteiger partial charge in [0.2, 0.25) is 5.91 Å². The number of nitrogens with zero attached hydrogens (tertiary/aromatic N) is 1. The number of hydrogen-bond acceptors (Lipinski definition) is 4. The van der Waals surface area contributed by atoms with Crippen LogP contribution >= 0.6 is 11.5 Å². The van der Waals surface area contributed by atoms with E-state index in [1.807, 2.05) is 0 Å². The highest BCUT2D eigenvalue weighted by molar-refractivity contribution is 7.04. The first-order valence-electron chi connectivity index (χ1n) is 5.20. The number of nitrogens with two attached hydrogens (primary N) is 1. The van der Waals surface area contributed by atoms with E-state index in [0.29, 0.717) is 22.5 Å². The van der Waals surface area contributed by atoms with Crippen molar-refractivity contribution in [3.05, 3.63) is 46.5 Å². The van der Waals surface area contributed by atoms with Gasteiger partial charge in [-0.2, -0.15) is 4.37 Å². The lowest BCUT2D eigenvalue weighted by atomic mass is 10.2. The topological polar surface area (TPSA) is 85.1 Å². The van der Waals surface area contributed by atoms with E-state index in [4.69, 9.17) is 5.73 Å². The molecule has 92 valence electrons. The quantitative estimate of drug-likeness (QED) is 0.883. The van der Waals surface area contributed by atoms with Crippen LogP contribution in [0.15, 0.2) is 29.6 Å². The van der Waals surface area contributed by atoms with Gasteiger partial charge in [-0.3, -0.25) is 9.59 Å². The van der Waals surface area contributed by atoms with Gasteiger partial charge in [0.25, 0.3) is 5.91 Å². The number of anilines is 1. The second-order valence-electron chi connectivity index (χ2n) is 3.71. The van der Waals surface area contributed by atoms with E-state index in [0.717, 1.165) is 0 Å². The molecule has 6 heteroatoms. The molecule has 0 aliphatic carbocycles. The fourth-order valence-corrected chi connectivity index (χ4v) is 2.15. The Balaban J connectivity index is 2.20. The van der Waals surface area contributed by atoms with Crippen molar-refractivity contribution in [2.24, 2.45) is 5.73 Å². The lowest BCUT2D eigenvalue weighted by Crippen LogP contribution is -2.14. The molecule has 2 rings (SSSR count). The van der Waals surface area contributed by atoms with E-state index < -0.39 is 5.91 Å². The summed E-state index contributed by atoms with van der Waals surface area (Å²) in [6.07, 6.45) is 0. The predicted molar refractivity (Wildman–Crippen MR) is 69.8 cm³/mol. The number of carbonyl (C=O) groups excluding carboxylic acids is 2. The summed E-state index contributed by atoms with van der Waals surface area (Å²) < 4.78 is 4.03. The monoisotopic (exact) mass is 261 g/mol. The molecule has 2 amide bonds. The van der Waals surface area contributed by atoms with E-state index in [9.17, 15) is 9.59 Å². The number of aryl methyl sites for hydroxylation is 1. The lowest BCUT2D eigenvalue weighted by molar-refractivity contribution is 0.0996. The average molecular weight is 261 g/mol. The predicted octanol–water partition coefficient (Wildman–Crippen LogP) is 1.80. The normalized spacial score (nSPS) is 10.1. The molecule has 5 nitrogen and oxygen atoms in total. The van der Waals surface area contributed by atoms with Gasteiger partial charge < -0.3 is 11.1 Å². The smallest absolute Gasteiger partial charge is 0.258 e. The third kappa shape index (κ3) is 2.54. The van der Waals surface area contributed by atoms with Crippen molar-refractivity contribution in [2.45, 2.75) is 6.92 Å². The minimum absolute atomic E-state index is 0.247. The second-order valence-corrected chi connectivity index (χ2v) is 4.34. The Hall–Kier alpha value is -2.21. The zero-order chi connectivity index (χ0) is 13.1. The van der Waals surface area contributed by atoms with Gasteiger partial charge in [0, 0.05) is 16.6 Å². The Morgan fingerprint density at radius 1 is 1.39 bits per heavy atom. The van der Waals surface area contributed by atoms with Gasteiger partial charge in [-0.25, -0.2) is 0 Å². The van der Waals surface area contributed by atoms with Gasteiger partial charge in [0.15, 0.2) is 0 Å². The summed E-state index contributed by atoms with van der Waals surface area (Å²) >= 11 is 1.23. The molecule has 3 N–H and O–H groups in total. The molecule has 0 aliphatic rings. The van der Waals surface area contributed by atoms with Gasteiger partial charge in [0.05, 0.1) is 11.3 Å². The summed E-state index contributed by atoms with van der Waals surface area (Å²) in [6.45, 7) is 1.77. The highest BCUT2D eigenvalue weighted by Crippen LogP contribution is 2.14. The summed E-state index contributed by atoms with van der Waals surface area (Å²) in [4.78, 5) is 22.9. The molecule has 0 aliphatic heterocycles. The molecule has 0 spiro atoms. The van der Waals surface area contributed by atoms with Crippen LogP contribution in [0, 0.1) is 6.92 Å². The molecule has 18 heavy (non-hydrogen) atoms. The Kier molecular flexibility index (Phi) is 3.38. The van der Waals surface area contributed by atoms with Crippen LogP contribution < -0.4 is 11.1 Å². The maximum Gasteiger partial charge on any atom is 0.258 e. The standard InChI is InChI=1S/C12H11N3O2S/c1-7-10(6-18-15-7)12(17)14-9-4-2-3-8(5-9)11(13)16/h2-6H,1H3,(H2,13,16)(H,14,17). The molecule has 0 fully saturated rings. The molecule has 1 aromatic heterocycles. The number of rotatable bonds is 3. The van der Waals surface area contributed by atoms with Crippen LogP contribution in [0.3, 0.4) is 0 Å². The Morgan fingerprint density at radius 2 is 2.17 bits per heavy atom. The van der Waals surface area contributed by atoms with Crippen molar-refractivity contribution in [3.8, 4) is 0 Å². The van der Waals surface area contributed by atoms with Crippen LogP contribution in [0.5, 0.6) is 0 Å². The molecule has 0 atom stereocenters. The van der Waals surface area contributed by atoms with E-state index in [1.165, 1.54) is 17.6 Å². The van der Waals surface area contributed by atoms with E-state index in [1.54, 1.807) is 30.5 Å². The number of carbonyl (C=O) groups is 2. The largest absolute Gasteiger partial charge is 0.366 e. The fourth-order valence-electron chi connectivity index (χ4n) is 1.46. The van der Waals surface area contributed by atoms with Gasteiger partial charge >= 0.3 is 0 Å². The molecule has 0 bridgehead atoms. The van der Waals surface area contributed by atoms with E-state index in [-0.39, 0.29) is 5.91 Å². The van der Waals surface area contributed by atoms with Crippen LogP contribution in [0.2, 0.25) is 0 Å². The first-order chi connectivity index (χ1) is 8.58. The number of primary amides is 1. The Labute approximate surface area is 108 Å². The van der Waals surface area contributed by atoms with Crippen molar-refractivity contribution in [1.29, 1.82) is 0 Å². The lowest BCUT2D eigenvalue weighted by Gasteiger charge is -2.05. The summed E-state index contributed by atoms with van der Waals surface area (Å²) in [5.41, 5.74) is 7.27. The number of aromatic nitrogens is 1. The highest BCUT2D eigenvalue weighted by atomic mass is 32.1. The molecular weight excluding hydrogens is 250 g/mol. The summed E-state index contributed by atoms with van der Waals surface area (Å²) in [5.74, 6) is -0.776. The van der Waals surface area contributed by atoms with Crippen LogP contribution in [0.25, 0.3) is 0 Å². The summed E-state index contributed by atoms with van der Waals surface area (Å²) in [6, 6.07) is 6.48. The van der Waals surface area contributed by atoms with Gasteiger partial charge in [0.1, 0.15) is 0 Å². The molecule has 0 unspecified atom stereocenters. The van der Waals surface area contributed by atoms with Crippen molar-refractivity contribution in [3.63, 3.8) is 0 Å². The molecule has 0 saturated heterocycles. The first kappa shape index (κ1) is 12.3. The number of nitrogens with one attached hydrogen (secondary N) is 1. The average Bonchev–Trinajstić information content (AvgIpc) is 2.76. The Bertz CT molecular complexity index is 607. The number of hydrogen-bond donors (Lipinski definition) is 2. The summed E-state index contributed by atoms with van der Waals surface area (Å²) in [5, 5.41) is 4.38. The van der Waals surface area contributed by atoms with E-state index in [2.05, 4.69) is 9.69 Å². The fraction of sp³-hybridized carbons (Fsp3) is 0.0833. The maximum absolute atomic E-state index is 11.9.